The highest BCUT2D eigenvalue weighted by molar-refractivity contribution is 5.98. The van der Waals surface area contributed by atoms with Gasteiger partial charge in [-0.05, 0) is 37.8 Å². The zero-order valence-electron chi connectivity index (χ0n) is 28.0. The van der Waals surface area contributed by atoms with Crippen molar-refractivity contribution in [3.63, 3.8) is 0 Å². The van der Waals surface area contributed by atoms with Gasteiger partial charge in [0, 0.05) is 5.56 Å². The highest BCUT2D eigenvalue weighted by Gasteiger charge is 2.34. The number of carbonyl (C=O) groups excluding carboxylic acids is 3. The first-order valence-electron chi connectivity index (χ1n) is 15.8. The number of hydrogen-bond donors (Lipinski definition) is 2. The van der Waals surface area contributed by atoms with Gasteiger partial charge in [0.2, 0.25) is 17.6 Å². The number of carbonyl (C=O) groups is 3. The SMILES string of the molecule is Cc1nc(-c2ccccc2)n(CC(=O)N[C@H](C(=O)c2nnc(C(C)(C)c3ccccc3)o2)C(C)C)c(=O)c1NC(=O)OCc1ccccc1. The van der Waals surface area contributed by atoms with Gasteiger partial charge in [-0.15, -0.1) is 10.2 Å². The van der Waals surface area contributed by atoms with E-state index in [-0.39, 0.29) is 41.5 Å². The molecule has 0 spiro atoms. The van der Waals surface area contributed by atoms with E-state index in [0.29, 0.717) is 5.56 Å². The molecule has 0 aliphatic carbocycles. The summed E-state index contributed by atoms with van der Waals surface area (Å²) in [4.78, 5) is 58.4. The van der Waals surface area contributed by atoms with Crippen molar-refractivity contribution in [1.29, 1.82) is 0 Å². The van der Waals surface area contributed by atoms with Crippen LogP contribution in [0.1, 0.15) is 61.1 Å². The topological polar surface area (TPSA) is 158 Å². The van der Waals surface area contributed by atoms with E-state index in [4.69, 9.17) is 9.15 Å². The van der Waals surface area contributed by atoms with Crippen LogP contribution in [-0.4, -0.2) is 43.6 Å². The van der Waals surface area contributed by atoms with Crippen LogP contribution in [0.5, 0.6) is 0 Å². The van der Waals surface area contributed by atoms with Gasteiger partial charge in [-0.25, -0.2) is 9.78 Å². The molecule has 5 aromatic rings. The molecule has 0 aliphatic rings. The summed E-state index contributed by atoms with van der Waals surface area (Å²) in [7, 11) is 0. The van der Waals surface area contributed by atoms with Crippen molar-refractivity contribution in [3.8, 4) is 11.4 Å². The Labute approximate surface area is 283 Å². The van der Waals surface area contributed by atoms with Gasteiger partial charge in [0.05, 0.1) is 17.2 Å². The lowest BCUT2D eigenvalue weighted by atomic mass is 9.85. The molecule has 2 amide bonds. The molecule has 0 bridgehead atoms. The van der Waals surface area contributed by atoms with Crippen LogP contribution in [0.3, 0.4) is 0 Å². The van der Waals surface area contributed by atoms with Gasteiger partial charge in [-0.1, -0.05) is 105 Å². The third-order valence-electron chi connectivity index (χ3n) is 8.06. The Morgan fingerprint density at radius 3 is 2.14 bits per heavy atom. The van der Waals surface area contributed by atoms with E-state index >= 15 is 0 Å². The molecule has 0 radical (unpaired) electrons. The van der Waals surface area contributed by atoms with Crippen molar-refractivity contribution in [2.45, 2.75) is 59.2 Å². The van der Waals surface area contributed by atoms with Gasteiger partial charge in [0.1, 0.15) is 24.7 Å². The second-order valence-corrected chi connectivity index (χ2v) is 12.4. The van der Waals surface area contributed by atoms with Crippen molar-refractivity contribution in [2.75, 3.05) is 5.32 Å². The smallest absolute Gasteiger partial charge is 0.412 e. The standard InChI is InChI=1S/C37H38N6O6/c1-23(2)29(31(45)33-41-42-35(49-33)37(4,5)27-19-13-8-14-20-27)39-28(44)21-43-32(26-17-11-7-12-18-26)38-24(3)30(34(43)46)40-36(47)48-22-25-15-9-6-10-16-25/h6-20,23,29H,21-22H2,1-5H3,(H,39,44)(H,40,47)/t29-/m0/s1. The summed E-state index contributed by atoms with van der Waals surface area (Å²) in [5.41, 5.74) is 1.03. The molecular weight excluding hydrogens is 624 g/mol. The molecule has 49 heavy (non-hydrogen) atoms. The second kappa shape index (κ2) is 14.9. The van der Waals surface area contributed by atoms with Gasteiger partial charge >= 0.3 is 6.09 Å². The van der Waals surface area contributed by atoms with E-state index in [0.717, 1.165) is 15.7 Å². The maximum Gasteiger partial charge on any atom is 0.412 e. The molecule has 0 saturated heterocycles. The maximum atomic E-state index is 13.9. The van der Waals surface area contributed by atoms with E-state index in [1.54, 1.807) is 57.2 Å². The van der Waals surface area contributed by atoms with Crippen LogP contribution in [0, 0.1) is 12.8 Å². The number of rotatable bonds is 12. The molecule has 252 valence electrons. The molecule has 5 rings (SSSR count). The number of aryl methyl sites for hydroxylation is 1. The molecule has 0 aliphatic heterocycles. The number of ether oxygens (including phenoxy) is 1. The lowest BCUT2D eigenvalue weighted by molar-refractivity contribution is -0.122. The van der Waals surface area contributed by atoms with E-state index in [9.17, 15) is 19.2 Å². The average molecular weight is 663 g/mol. The van der Waals surface area contributed by atoms with E-state index < -0.39 is 41.3 Å². The first-order chi connectivity index (χ1) is 23.5. The highest BCUT2D eigenvalue weighted by Crippen LogP contribution is 2.30. The fraction of sp³-hybridized carbons (Fsp3) is 0.270. The Kier molecular flexibility index (Phi) is 10.5. The number of nitrogens with one attached hydrogen (secondary N) is 2. The van der Waals surface area contributed by atoms with Gasteiger partial charge in [0.15, 0.2) is 0 Å². The molecule has 2 heterocycles. The molecule has 2 N–H and O–H groups in total. The van der Waals surface area contributed by atoms with Crippen molar-refractivity contribution in [2.24, 2.45) is 5.92 Å². The summed E-state index contributed by atoms with van der Waals surface area (Å²) in [6.45, 7) is 8.43. The summed E-state index contributed by atoms with van der Waals surface area (Å²) >= 11 is 0. The second-order valence-electron chi connectivity index (χ2n) is 12.4. The minimum atomic E-state index is -1.04. The molecule has 0 saturated carbocycles. The zero-order valence-corrected chi connectivity index (χ0v) is 28.0. The lowest BCUT2D eigenvalue weighted by Crippen LogP contribution is -2.47. The number of benzene rings is 3. The Hall–Kier alpha value is -5.91. The minimum Gasteiger partial charge on any atom is -0.444 e. The van der Waals surface area contributed by atoms with Crippen LogP contribution in [0.2, 0.25) is 0 Å². The molecule has 3 aromatic carbocycles. The number of hydrogen-bond acceptors (Lipinski definition) is 9. The first-order valence-corrected chi connectivity index (χ1v) is 15.8. The number of nitrogens with zero attached hydrogens (tertiary/aromatic N) is 4. The third-order valence-corrected chi connectivity index (χ3v) is 8.06. The van der Waals surface area contributed by atoms with Crippen LogP contribution >= 0.6 is 0 Å². The highest BCUT2D eigenvalue weighted by atomic mass is 16.5. The molecular formula is C37H38N6O6. The van der Waals surface area contributed by atoms with E-state index in [1.165, 1.54) is 0 Å². The van der Waals surface area contributed by atoms with E-state index in [2.05, 4.69) is 25.8 Å². The molecule has 1 atom stereocenters. The van der Waals surface area contributed by atoms with Gasteiger partial charge < -0.3 is 14.5 Å². The van der Waals surface area contributed by atoms with Crippen molar-refractivity contribution in [1.82, 2.24) is 25.1 Å². The summed E-state index contributed by atoms with van der Waals surface area (Å²) in [5, 5.41) is 13.4. The maximum absolute atomic E-state index is 13.9. The van der Waals surface area contributed by atoms with Crippen molar-refractivity contribution < 1.29 is 23.5 Å². The first kappa shape index (κ1) is 34.4. The summed E-state index contributed by atoms with van der Waals surface area (Å²) in [6, 6.07) is 26.5. The van der Waals surface area contributed by atoms with Gasteiger partial charge in [0.25, 0.3) is 11.4 Å². The molecule has 12 heteroatoms. The normalized spacial score (nSPS) is 12.0. The summed E-state index contributed by atoms with van der Waals surface area (Å²) in [6.07, 6.45) is -0.853. The van der Waals surface area contributed by atoms with Crippen LogP contribution in [0.15, 0.2) is 100 Å². The number of aromatic nitrogens is 4. The Morgan fingerprint density at radius 1 is 0.898 bits per heavy atom. The fourth-order valence-corrected chi connectivity index (χ4v) is 5.20. The summed E-state index contributed by atoms with van der Waals surface area (Å²) in [5.74, 6) is -1.35. The number of Topliss-reactive ketones (excluding diaryl/α,β-unsaturated/α-hetero) is 1. The van der Waals surface area contributed by atoms with Crippen LogP contribution in [0.4, 0.5) is 10.5 Å². The fourth-order valence-electron chi connectivity index (χ4n) is 5.20. The monoisotopic (exact) mass is 662 g/mol. The molecule has 2 aromatic heterocycles. The predicted molar refractivity (Wildman–Crippen MR) is 183 cm³/mol. The minimum absolute atomic E-state index is 0.00620. The molecule has 0 unspecified atom stereocenters. The van der Waals surface area contributed by atoms with Crippen molar-refractivity contribution >= 4 is 23.5 Å². The predicted octanol–water partition coefficient (Wildman–Crippen LogP) is 5.70. The molecule has 0 fully saturated rings. The van der Waals surface area contributed by atoms with Gasteiger partial charge in [-0.3, -0.25) is 24.3 Å². The Balaban J connectivity index is 1.38. The Morgan fingerprint density at radius 2 is 1.51 bits per heavy atom. The van der Waals surface area contributed by atoms with Crippen LogP contribution < -0.4 is 16.2 Å². The third kappa shape index (κ3) is 7.98. The van der Waals surface area contributed by atoms with Crippen LogP contribution in [-0.2, 0) is 28.1 Å². The average Bonchev–Trinajstić information content (AvgIpc) is 3.62. The molecule has 12 nitrogen and oxygen atoms in total. The lowest BCUT2D eigenvalue weighted by Gasteiger charge is -2.22. The zero-order chi connectivity index (χ0) is 35.1. The number of ketones is 1. The van der Waals surface area contributed by atoms with E-state index in [1.807, 2.05) is 68.4 Å². The van der Waals surface area contributed by atoms with Gasteiger partial charge in [-0.2, -0.15) is 0 Å². The van der Waals surface area contributed by atoms with Crippen molar-refractivity contribution in [3.05, 3.63) is 130 Å². The number of amides is 2. The number of anilines is 1. The summed E-state index contributed by atoms with van der Waals surface area (Å²) < 4.78 is 12.3. The Bertz CT molecular complexity index is 1990. The quantitative estimate of drug-likeness (QED) is 0.160. The largest absolute Gasteiger partial charge is 0.444 e. The van der Waals surface area contributed by atoms with Crippen LogP contribution in [0.25, 0.3) is 11.4 Å².